The topological polar surface area (TPSA) is 54.0 Å². The maximum absolute atomic E-state index is 12.4. The normalized spacial score (nSPS) is 11.6. The van der Waals surface area contributed by atoms with Gasteiger partial charge in [0.15, 0.2) is 6.23 Å². The summed E-state index contributed by atoms with van der Waals surface area (Å²) in [6.45, 7) is 6.93. The van der Waals surface area contributed by atoms with Crippen molar-refractivity contribution in [2.45, 2.75) is 20.8 Å². The molecule has 2 aromatic carbocycles. The smallest absolute Gasteiger partial charge is 0.457 e. The first-order valence-corrected chi connectivity index (χ1v) is 10.1. The standard InChI is InChI=1S/C18H24O5Si/c1-4-21-24(22-5-2,23-6-3)14-20-18(19)17-12-11-15-9-7-8-10-16(15)13-17/h7-13H,4-6,14H2,1-3H3. The van der Waals surface area contributed by atoms with Crippen LogP contribution in [-0.2, 0) is 18.0 Å². The van der Waals surface area contributed by atoms with Gasteiger partial charge in [0.25, 0.3) is 0 Å². The van der Waals surface area contributed by atoms with Gasteiger partial charge >= 0.3 is 14.8 Å². The van der Waals surface area contributed by atoms with Crippen LogP contribution in [0, 0.1) is 0 Å². The van der Waals surface area contributed by atoms with Crippen LogP contribution in [0.1, 0.15) is 31.1 Å². The van der Waals surface area contributed by atoms with E-state index < -0.39 is 14.8 Å². The molecule has 0 aliphatic heterocycles. The van der Waals surface area contributed by atoms with Crippen LogP contribution < -0.4 is 0 Å². The van der Waals surface area contributed by atoms with E-state index in [0.717, 1.165) is 10.8 Å². The van der Waals surface area contributed by atoms with Gasteiger partial charge in [0.2, 0.25) is 0 Å². The highest BCUT2D eigenvalue weighted by Crippen LogP contribution is 2.17. The van der Waals surface area contributed by atoms with Crippen LogP contribution in [0.25, 0.3) is 10.8 Å². The van der Waals surface area contributed by atoms with Crippen LogP contribution in [0.3, 0.4) is 0 Å². The van der Waals surface area contributed by atoms with Gasteiger partial charge in [0.1, 0.15) is 0 Å². The van der Waals surface area contributed by atoms with E-state index in [-0.39, 0.29) is 6.23 Å². The summed E-state index contributed by atoms with van der Waals surface area (Å²) in [4.78, 5) is 12.4. The molecule has 0 fully saturated rings. The lowest BCUT2D eigenvalue weighted by atomic mass is 10.1. The molecular weight excluding hydrogens is 324 g/mol. The number of rotatable bonds is 9. The molecule has 6 heteroatoms. The summed E-state index contributed by atoms with van der Waals surface area (Å²) in [6, 6.07) is 13.4. The zero-order valence-electron chi connectivity index (χ0n) is 14.4. The number of ether oxygens (including phenoxy) is 1. The predicted molar refractivity (Wildman–Crippen MR) is 94.9 cm³/mol. The average Bonchev–Trinajstić information content (AvgIpc) is 2.60. The fourth-order valence-electron chi connectivity index (χ4n) is 2.46. The minimum Gasteiger partial charge on any atom is -0.457 e. The fourth-order valence-corrected chi connectivity index (χ4v) is 4.59. The van der Waals surface area contributed by atoms with Crippen LogP contribution in [0.15, 0.2) is 42.5 Å². The zero-order valence-corrected chi connectivity index (χ0v) is 15.4. The second-order valence-corrected chi connectivity index (χ2v) is 7.64. The molecule has 0 aromatic heterocycles. The van der Waals surface area contributed by atoms with Crippen LogP contribution >= 0.6 is 0 Å². The molecule has 0 unspecified atom stereocenters. The number of benzene rings is 2. The van der Waals surface area contributed by atoms with E-state index in [2.05, 4.69) is 0 Å². The van der Waals surface area contributed by atoms with Crippen molar-refractivity contribution in [1.29, 1.82) is 0 Å². The highest BCUT2D eigenvalue weighted by molar-refractivity contribution is 6.60. The van der Waals surface area contributed by atoms with Crippen molar-refractivity contribution in [2.75, 3.05) is 26.1 Å². The predicted octanol–water partition coefficient (Wildman–Crippen LogP) is 3.58. The highest BCUT2D eigenvalue weighted by Gasteiger charge is 2.42. The summed E-state index contributed by atoms with van der Waals surface area (Å²) in [6.07, 6.45) is 0.00812. The quantitative estimate of drug-likeness (QED) is 0.512. The SMILES string of the molecule is CCO[Si](COC(=O)c1ccc2ccccc2c1)(OCC)OCC. The van der Waals surface area contributed by atoms with Gasteiger partial charge in [-0.15, -0.1) is 0 Å². The van der Waals surface area contributed by atoms with Gasteiger partial charge in [0, 0.05) is 19.8 Å². The van der Waals surface area contributed by atoms with E-state index in [9.17, 15) is 4.79 Å². The number of esters is 1. The lowest BCUT2D eigenvalue weighted by Gasteiger charge is -2.27. The van der Waals surface area contributed by atoms with Crippen LogP contribution in [0.5, 0.6) is 0 Å². The second kappa shape index (κ2) is 8.94. The first-order valence-electron chi connectivity index (χ1n) is 8.22. The van der Waals surface area contributed by atoms with Crippen molar-refractivity contribution < 1.29 is 22.8 Å². The van der Waals surface area contributed by atoms with Crippen molar-refractivity contribution in [3.05, 3.63) is 48.0 Å². The van der Waals surface area contributed by atoms with Gasteiger partial charge in [-0.3, -0.25) is 0 Å². The Morgan fingerprint density at radius 2 is 1.46 bits per heavy atom. The average molecular weight is 348 g/mol. The molecule has 24 heavy (non-hydrogen) atoms. The Balaban J connectivity index is 2.10. The third-order valence-corrected chi connectivity index (χ3v) is 6.14. The van der Waals surface area contributed by atoms with Gasteiger partial charge in [-0.05, 0) is 43.7 Å². The Morgan fingerprint density at radius 1 is 0.875 bits per heavy atom. The van der Waals surface area contributed by atoms with Gasteiger partial charge in [0.05, 0.1) is 5.56 Å². The van der Waals surface area contributed by atoms with E-state index >= 15 is 0 Å². The van der Waals surface area contributed by atoms with Crippen molar-refractivity contribution in [3.63, 3.8) is 0 Å². The molecule has 0 bridgehead atoms. The van der Waals surface area contributed by atoms with Crippen molar-refractivity contribution in [1.82, 2.24) is 0 Å². The number of hydrogen-bond acceptors (Lipinski definition) is 5. The molecular formula is C18H24O5Si. The van der Waals surface area contributed by atoms with Crippen LogP contribution in [0.4, 0.5) is 0 Å². The first-order chi connectivity index (χ1) is 11.6. The molecule has 130 valence electrons. The van der Waals surface area contributed by atoms with Gasteiger partial charge < -0.3 is 18.0 Å². The first kappa shape index (κ1) is 18.6. The van der Waals surface area contributed by atoms with Crippen LogP contribution in [0.2, 0.25) is 0 Å². The molecule has 2 aromatic rings. The van der Waals surface area contributed by atoms with E-state index in [1.807, 2.05) is 57.2 Å². The Kier molecular flexibility index (Phi) is 6.93. The molecule has 5 nitrogen and oxygen atoms in total. The lowest BCUT2D eigenvalue weighted by molar-refractivity contribution is 0.0248. The monoisotopic (exact) mass is 348 g/mol. The molecule has 0 atom stereocenters. The zero-order chi connectivity index (χ0) is 17.4. The van der Waals surface area contributed by atoms with Crippen LogP contribution in [-0.4, -0.2) is 40.8 Å². The molecule has 0 N–H and O–H groups in total. The Morgan fingerprint density at radius 3 is 2.04 bits per heavy atom. The van der Waals surface area contributed by atoms with Crippen molar-refractivity contribution in [3.8, 4) is 0 Å². The van der Waals surface area contributed by atoms with E-state index in [1.165, 1.54) is 0 Å². The molecule has 0 radical (unpaired) electrons. The minimum absolute atomic E-state index is 0.00812. The van der Waals surface area contributed by atoms with Crippen molar-refractivity contribution in [2.24, 2.45) is 0 Å². The molecule has 2 rings (SSSR count). The summed E-state index contributed by atoms with van der Waals surface area (Å²) in [5.41, 5.74) is 0.501. The fraction of sp³-hybridized carbons (Fsp3) is 0.389. The third-order valence-electron chi connectivity index (χ3n) is 3.46. The van der Waals surface area contributed by atoms with Gasteiger partial charge in [-0.2, -0.15) is 0 Å². The molecule has 0 heterocycles. The van der Waals surface area contributed by atoms with E-state index in [4.69, 9.17) is 18.0 Å². The molecule has 0 saturated heterocycles. The van der Waals surface area contributed by atoms with Gasteiger partial charge in [-0.25, -0.2) is 4.79 Å². The summed E-state index contributed by atoms with van der Waals surface area (Å²) in [7, 11) is -2.99. The highest BCUT2D eigenvalue weighted by atomic mass is 28.4. The minimum atomic E-state index is -2.99. The van der Waals surface area contributed by atoms with Gasteiger partial charge in [-0.1, -0.05) is 30.3 Å². The summed E-state index contributed by atoms with van der Waals surface area (Å²) in [5.74, 6) is -0.406. The molecule has 0 aliphatic rings. The van der Waals surface area contributed by atoms with E-state index in [1.54, 1.807) is 6.07 Å². The van der Waals surface area contributed by atoms with E-state index in [0.29, 0.717) is 25.4 Å². The number of fused-ring (bicyclic) bond motifs is 1. The maximum Gasteiger partial charge on any atom is 0.540 e. The summed E-state index contributed by atoms with van der Waals surface area (Å²) in [5, 5.41) is 2.07. The summed E-state index contributed by atoms with van der Waals surface area (Å²) >= 11 is 0. The maximum atomic E-state index is 12.4. The van der Waals surface area contributed by atoms with Crippen molar-refractivity contribution >= 4 is 25.5 Å². The Hall–Kier alpha value is -1.73. The second-order valence-electron chi connectivity index (χ2n) is 5.12. The third kappa shape index (κ3) is 4.64. The Bertz CT molecular complexity index is 656. The Labute approximate surface area is 143 Å². The number of carbonyl (C=O) groups is 1. The molecule has 0 spiro atoms. The largest absolute Gasteiger partial charge is 0.540 e. The lowest BCUT2D eigenvalue weighted by Crippen LogP contribution is -2.51. The molecule has 0 aliphatic carbocycles. The molecule has 0 saturated carbocycles. The number of carbonyl (C=O) groups excluding carboxylic acids is 1. The summed E-state index contributed by atoms with van der Waals surface area (Å²) < 4.78 is 22.5. The molecule has 0 amide bonds. The number of hydrogen-bond donors (Lipinski definition) is 0.